The van der Waals surface area contributed by atoms with Gasteiger partial charge in [-0.3, -0.25) is 0 Å². The Morgan fingerprint density at radius 2 is 0.847 bits per heavy atom. The Labute approximate surface area is 429 Å². The van der Waals surface area contributed by atoms with Crippen LogP contribution < -0.4 is 31.1 Å². The van der Waals surface area contributed by atoms with Gasteiger partial charge in [0.2, 0.25) is 0 Å². The number of anilines is 9. The minimum atomic E-state index is 0.0277. The van der Waals surface area contributed by atoms with Gasteiger partial charge in [0.25, 0.3) is 6.71 Å². The molecule has 0 spiro atoms. The summed E-state index contributed by atoms with van der Waals surface area (Å²) in [5.74, 6) is 0. The quantitative estimate of drug-likeness (QED) is 0.0794. The Hall–Kier alpha value is -7.30. The number of aryl methyl sites for hydroxylation is 4. The molecular formula is C68H68BN3. The first-order chi connectivity index (χ1) is 35.6. The number of unbranched alkanes of at least 4 members (excludes halogenated alkanes) is 4. The van der Waals surface area contributed by atoms with E-state index < -0.39 is 0 Å². The molecule has 2 heterocycles. The largest absolute Gasteiger partial charge is 0.311 e. The van der Waals surface area contributed by atoms with Crippen molar-refractivity contribution < 1.29 is 0 Å². The third-order valence-corrected chi connectivity index (χ3v) is 15.3. The van der Waals surface area contributed by atoms with Crippen molar-refractivity contribution in [3.05, 3.63) is 216 Å². The van der Waals surface area contributed by atoms with Crippen molar-refractivity contribution in [1.82, 2.24) is 0 Å². The topological polar surface area (TPSA) is 9.72 Å². The molecule has 0 unspecified atom stereocenters. The van der Waals surface area contributed by atoms with E-state index >= 15 is 0 Å². The van der Waals surface area contributed by atoms with Crippen molar-refractivity contribution in [3.8, 4) is 11.1 Å². The van der Waals surface area contributed by atoms with Gasteiger partial charge >= 0.3 is 0 Å². The summed E-state index contributed by atoms with van der Waals surface area (Å²) in [6, 6.07) is 74.6. The lowest BCUT2D eigenvalue weighted by Gasteiger charge is -2.45. The summed E-state index contributed by atoms with van der Waals surface area (Å²) in [5, 5.41) is 2.42. The van der Waals surface area contributed by atoms with E-state index in [0.29, 0.717) is 0 Å². The molecule has 0 N–H and O–H groups in total. The molecule has 0 aromatic heterocycles. The minimum absolute atomic E-state index is 0.0277. The molecule has 9 aromatic carbocycles. The molecule has 72 heavy (non-hydrogen) atoms. The van der Waals surface area contributed by atoms with Crippen LogP contribution in [0.15, 0.2) is 194 Å². The molecule has 2 aliphatic heterocycles. The van der Waals surface area contributed by atoms with Crippen molar-refractivity contribution in [1.29, 1.82) is 0 Å². The first-order valence-electron chi connectivity index (χ1n) is 27.2. The molecule has 358 valence electrons. The molecule has 2 aliphatic rings. The van der Waals surface area contributed by atoms with Gasteiger partial charge in [-0.15, -0.1) is 0 Å². The Morgan fingerprint density at radius 1 is 0.389 bits per heavy atom. The second-order valence-electron chi connectivity index (χ2n) is 20.3. The predicted molar refractivity (Wildman–Crippen MR) is 313 cm³/mol. The maximum absolute atomic E-state index is 2.61. The Kier molecular flexibility index (Phi) is 13.9. The van der Waals surface area contributed by atoms with Gasteiger partial charge in [0.15, 0.2) is 0 Å². The highest BCUT2D eigenvalue weighted by molar-refractivity contribution is 7.00. The third-order valence-electron chi connectivity index (χ3n) is 15.3. The molecule has 11 rings (SSSR count). The van der Waals surface area contributed by atoms with Gasteiger partial charge in [0, 0.05) is 50.8 Å². The van der Waals surface area contributed by atoms with Crippen LogP contribution in [0.2, 0.25) is 0 Å². The highest BCUT2D eigenvalue weighted by atomic mass is 15.2. The van der Waals surface area contributed by atoms with Crippen LogP contribution in [0.1, 0.15) is 101 Å². The second-order valence-corrected chi connectivity index (χ2v) is 20.3. The Bertz CT molecular complexity index is 3170. The fourth-order valence-electron chi connectivity index (χ4n) is 11.6. The Morgan fingerprint density at radius 3 is 1.36 bits per heavy atom. The van der Waals surface area contributed by atoms with Crippen molar-refractivity contribution in [3.63, 3.8) is 0 Å². The first-order valence-corrected chi connectivity index (χ1v) is 27.2. The van der Waals surface area contributed by atoms with E-state index in [1.165, 1.54) is 152 Å². The van der Waals surface area contributed by atoms with E-state index in [-0.39, 0.29) is 6.71 Å². The van der Waals surface area contributed by atoms with Crippen molar-refractivity contribution in [2.45, 2.75) is 105 Å². The minimum Gasteiger partial charge on any atom is -0.311 e. The normalized spacial score (nSPS) is 12.5. The van der Waals surface area contributed by atoms with E-state index in [4.69, 9.17) is 0 Å². The zero-order valence-corrected chi connectivity index (χ0v) is 42.9. The summed E-state index contributed by atoms with van der Waals surface area (Å²) in [6.45, 7) is 9.22. The average Bonchev–Trinajstić information content (AvgIpc) is 3.43. The van der Waals surface area contributed by atoms with Crippen LogP contribution in [-0.2, 0) is 25.7 Å². The zero-order chi connectivity index (χ0) is 49.0. The van der Waals surface area contributed by atoms with E-state index in [0.717, 1.165) is 37.1 Å². The zero-order valence-electron chi connectivity index (χ0n) is 42.9. The fraction of sp³-hybridized carbons (Fsp3) is 0.235. The molecule has 0 fully saturated rings. The number of hydrogen-bond donors (Lipinski definition) is 0. The van der Waals surface area contributed by atoms with Gasteiger partial charge in [0.05, 0.1) is 11.4 Å². The summed E-state index contributed by atoms with van der Waals surface area (Å²) in [4.78, 5) is 7.79. The van der Waals surface area contributed by atoms with Crippen LogP contribution in [0.4, 0.5) is 51.2 Å². The summed E-state index contributed by atoms with van der Waals surface area (Å²) in [7, 11) is 0. The smallest absolute Gasteiger partial charge is 0.252 e. The molecule has 0 saturated heterocycles. The van der Waals surface area contributed by atoms with Gasteiger partial charge in [0.1, 0.15) is 0 Å². The molecule has 3 nitrogen and oxygen atoms in total. The second kappa shape index (κ2) is 21.2. The fourth-order valence-corrected chi connectivity index (χ4v) is 11.6. The maximum Gasteiger partial charge on any atom is 0.252 e. The highest BCUT2D eigenvalue weighted by Crippen LogP contribution is 2.51. The first kappa shape index (κ1) is 47.1. The molecule has 9 aromatic rings. The number of fused-ring (bicyclic) bond motifs is 5. The lowest BCUT2D eigenvalue weighted by Crippen LogP contribution is -2.61. The maximum atomic E-state index is 2.61. The summed E-state index contributed by atoms with van der Waals surface area (Å²) >= 11 is 0. The van der Waals surface area contributed by atoms with Gasteiger partial charge in [-0.2, -0.15) is 0 Å². The molecule has 0 radical (unpaired) electrons. The van der Waals surface area contributed by atoms with Crippen LogP contribution >= 0.6 is 0 Å². The summed E-state index contributed by atoms with van der Waals surface area (Å²) < 4.78 is 0. The average molecular weight is 938 g/mol. The summed E-state index contributed by atoms with van der Waals surface area (Å²) in [6.07, 6.45) is 13.7. The number of para-hydroxylation sites is 1. The van der Waals surface area contributed by atoms with E-state index in [2.05, 4.69) is 237 Å². The van der Waals surface area contributed by atoms with Gasteiger partial charge in [-0.25, -0.2) is 0 Å². The summed E-state index contributed by atoms with van der Waals surface area (Å²) in [5.41, 5.74) is 22.9. The number of rotatable bonds is 18. The predicted octanol–water partition coefficient (Wildman–Crippen LogP) is 17.4. The van der Waals surface area contributed by atoms with E-state index in [1.807, 2.05) is 0 Å². The highest BCUT2D eigenvalue weighted by Gasteiger charge is 2.44. The van der Waals surface area contributed by atoms with Gasteiger partial charge in [-0.1, -0.05) is 187 Å². The molecule has 0 amide bonds. The molecule has 0 saturated carbocycles. The number of benzene rings is 9. The van der Waals surface area contributed by atoms with Gasteiger partial charge < -0.3 is 14.7 Å². The SMILES string of the molecule is CCCCc1ccc(N2c3ccc(CCCC)cc3B3c4cc(CCCC)ccc4N(c4ccc(CCCC)cc4)c4cc(N(c5ccccc5)c5c(-c6ccccc6)ccc6ccccc56)cc2c43)cc1. The van der Waals surface area contributed by atoms with Crippen LogP contribution in [-0.4, -0.2) is 6.71 Å². The van der Waals surface area contributed by atoms with Crippen LogP contribution in [0.5, 0.6) is 0 Å². The van der Waals surface area contributed by atoms with Crippen LogP contribution in [0.3, 0.4) is 0 Å². The molecule has 0 atom stereocenters. The van der Waals surface area contributed by atoms with Crippen LogP contribution in [0, 0.1) is 0 Å². The molecule has 0 aliphatic carbocycles. The molecule has 0 bridgehead atoms. The van der Waals surface area contributed by atoms with Crippen LogP contribution in [0.25, 0.3) is 21.9 Å². The van der Waals surface area contributed by atoms with Crippen molar-refractivity contribution >= 4 is 85.1 Å². The monoisotopic (exact) mass is 938 g/mol. The molecular weight excluding hydrogens is 870 g/mol. The van der Waals surface area contributed by atoms with Gasteiger partial charge in [-0.05, 0) is 162 Å². The van der Waals surface area contributed by atoms with E-state index in [9.17, 15) is 0 Å². The number of nitrogens with zero attached hydrogens (tertiary/aromatic N) is 3. The standard InChI is InChI=1S/C68H68BN3/c1-5-9-21-49-31-38-56(39-32-49)71-63-43-35-51(23-11-7-3)45-61(63)69-62-46-52(24-12-8-4)36-44-64(62)72(57-40-33-50(34-41-57)22-10-6-2)66-48-58(47-65(71)67(66)69)70(55-28-17-14-18-29-55)68-59-30-20-19-27-54(59)37-42-60(68)53-25-15-13-16-26-53/h13-20,25-48H,5-12,21-24H2,1-4H3. The van der Waals surface area contributed by atoms with E-state index in [1.54, 1.807) is 0 Å². The van der Waals surface area contributed by atoms with Crippen molar-refractivity contribution in [2.75, 3.05) is 14.7 Å². The third kappa shape index (κ3) is 9.02. The molecule has 4 heteroatoms. The number of hydrogen-bond acceptors (Lipinski definition) is 3. The lowest BCUT2D eigenvalue weighted by atomic mass is 9.33. The van der Waals surface area contributed by atoms with Crippen molar-refractivity contribution in [2.24, 2.45) is 0 Å². The lowest BCUT2D eigenvalue weighted by molar-refractivity contribution is 0.795. The Balaban J connectivity index is 1.25.